The molecule has 2 aliphatic heterocycles. The third kappa shape index (κ3) is 3.55. The molecule has 30 heavy (non-hydrogen) atoms. The molecular formula is C20H25N7O2S. The zero-order chi connectivity index (χ0) is 20.6. The van der Waals surface area contributed by atoms with Crippen molar-refractivity contribution in [1.82, 2.24) is 28.4 Å². The van der Waals surface area contributed by atoms with Gasteiger partial charge >= 0.3 is 0 Å². The summed E-state index contributed by atoms with van der Waals surface area (Å²) in [4.78, 5) is 2.21. The summed E-state index contributed by atoms with van der Waals surface area (Å²) in [7, 11) is -3.38. The molecule has 0 radical (unpaired) electrons. The summed E-state index contributed by atoms with van der Waals surface area (Å²) in [6.45, 7) is 3.62. The molecule has 0 spiro atoms. The van der Waals surface area contributed by atoms with E-state index in [0.717, 1.165) is 42.8 Å². The molecule has 5 rings (SSSR count). The Kier molecular flexibility index (Phi) is 5.13. The summed E-state index contributed by atoms with van der Waals surface area (Å²) in [6, 6.07) is 12.0. The largest absolute Gasteiger partial charge is 0.367 e. The highest BCUT2D eigenvalue weighted by Gasteiger charge is 2.33. The summed E-state index contributed by atoms with van der Waals surface area (Å²) in [5, 5.41) is 12.9. The van der Waals surface area contributed by atoms with Crippen molar-refractivity contribution in [2.75, 3.05) is 44.2 Å². The Labute approximate surface area is 176 Å². The molecule has 0 unspecified atom stereocenters. The van der Waals surface area contributed by atoms with Crippen molar-refractivity contribution in [3.05, 3.63) is 42.7 Å². The van der Waals surface area contributed by atoms with Gasteiger partial charge in [-0.3, -0.25) is 0 Å². The zero-order valence-corrected chi connectivity index (χ0v) is 17.6. The van der Waals surface area contributed by atoms with Gasteiger partial charge in [-0.15, -0.1) is 10.2 Å². The van der Waals surface area contributed by atoms with Crippen LogP contribution >= 0.6 is 0 Å². The second-order valence-electron chi connectivity index (χ2n) is 7.73. The average Bonchev–Trinajstić information content (AvgIpc) is 3.41. The normalized spacial score (nSPS) is 19.4. The van der Waals surface area contributed by atoms with Gasteiger partial charge in [-0.25, -0.2) is 0 Å². The molecular weight excluding hydrogens is 402 g/mol. The smallest absolute Gasteiger partial charge is 0.282 e. The van der Waals surface area contributed by atoms with Crippen LogP contribution in [0.25, 0.3) is 16.9 Å². The van der Waals surface area contributed by atoms with Gasteiger partial charge in [0.15, 0.2) is 0 Å². The molecule has 9 nitrogen and oxygen atoms in total. The molecule has 0 aliphatic carbocycles. The number of hydrogen-bond donors (Lipinski definition) is 0. The number of benzene rings is 1. The van der Waals surface area contributed by atoms with Crippen molar-refractivity contribution in [3.63, 3.8) is 0 Å². The third-order valence-electron chi connectivity index (χ3n) is 5.83. The number of nitrogens with zero attached hydrogens (tertiary/aromatic N) is 7. The van der Waals surface area contributed by atoms with Crippen LogP contribution in [0.4, 0.5) is 5.69 Å². The topological polar surface area (TPSA) is 86.9 Å². The van der Waals surface area contributed by atoms with Gasteiger partial charge in [-0.05, 0) is 25.3 Å². The minimum atomic E-state index is -3.38. The second-order valence-corrected chi connectivity index (χ2v) is 9.66. The van der Waals surface area contributed by atoms with E-state index in [1.165, 1.54) is 0 Å². The van der Waals surface area contributed by atoms with Crippen molar-refractivity contribution in [1.29, 1.82) is 0 Å². The Morgan fingerprint density at radius 1 is 0.833 bits per heavy atom. The molecule has 1 aromatic carbocycles. The van der Waals surface area contributed by atoms with E-state index in [1.807, 2.05) is 36.4 Å². The first-order valence-corrected chi connectivity index (χ1v) is 11.8. The molecule has 0 atom stereocenters. The summed E-state index contributed by atoms with van der Waals surface area (Å²) in [5.74, 6) is 0. The van der Waals surface area contributed by atoms with Crippen LogP contribution in [0.3, 0.4) is 0 Å². The summed E-state index contributed by atoms with van der Waals surface area (Å²) in [6.07, 6.45) is 4.26. The van der Waals surface area contributed by atoms with E-state index in [-0.39, 0.29) is 0 Å². The van der Waals surface area contributed by atoms with Gasteiger partial charge in [0.1, 0.15) is 6.33 Å². The van der Waals surface area contributed by atoms with Gasteiger partial charge in [-0.1, -0.05) is 30.3 Å². The van der Waals surface area contributed by atoms with Gasteiger partial charge in [0, 0.05) is 44.8 Å². The predicted octanol–water partition coefficient (Wildman–Crippen LogP) is 1.64. The summed E-state index contributed by atoms with van der Waals surface area (Å²) < 4.78 is 30.9. The van der Waals surface area contributed by atoms with Crippen LogP contribution < -0.4 is 4.90 Å². The van der Waals surface area contributed by atoms with E-state index >= 15 is 0 Å². The van der Waals surface area contributed by atoms with E-state index < -0.39 is 10.2 Å². The first kappa shape index (κ1) is 19.4. The number of fused-ring (bicyclic) bond motifs is 1. The van der Waals surface area contributed by atoms with Crippen molar-refractivity contribution in [2.24, 2.45) is 0 Å². The molecule has 0 bridgehead atoms. The molecule has 0 amide bonds. The van der Waals surface area contributed by atoms with Crippen LogP contribution in [0, 0.1) is 0 Å². The van der Waals surface area contributed by atoms with Crippen LogP contribution in [0.15, 0.2) is 42.7 Å². The summed E-state index contributed by atoms with van der Waals surface area (Å²) in [5.41, 5.74) is 3.47. The lowest BCUT2D eigenvalue weighted by Crippen LogP contribution is -2.44. The van der Waals surface area contributed by atoms with Gasteiger partial charge < -0.3 is 4.90 Å². The molecule has 4 heterocycles. The molecule has 10 heteroatoms. The lowest BCUT2D eigenvalue weighted by molar-refractivity contribution is 0.373. The van der Waals surface area contributed by atoms with Crippen LogP contribution in [-0.2, 0) is 10.2 Å². The van der Waals surface area contributed by atoms with E-state index in [4.69, 9.17) is 0 Å². The molecule has 2 aromatic heterocycles. The Morgan fingerprint density at radius 2 is 1.57 bits per heavy atom. The Bertz CT molecular complexity index is 1130. The fourth-order valence-corrected chi connectivity index (χ4v) is 5.96. The Balaban J connectivity index is 1.44. The van der Waals surface area contributed by atoms with E-state index in [2.05, 4.69) is 20.2 Å². The fraction of sp³-hybridized carbons (Fsp3) is 0.450. The number of aromatic nitrogens is 4. The average molecular weight is 428 g/mol. The van der Waals surface area contributed by atoms with Gasteiger partial charge in [0.2, 0.25) is 5.65 Å². The first-order valence-electron chi connectivity index (χ1n) is 10.4. The maximum atomic E-state index is 13.0. The van der Waals surface area contributed by atoms with Gasteiger partial charge in [0.25, 0.3) is 10.2 Å². The SMILES string of the molecule is O=S(=O)(N1CCCC1)N1CCCN(c2cc(-c3ccccc3)nn3cnnc23)CC1. The molecule has 3 aromatic rings. The molecule has 158 valence electrons. The van der Waals surface area contributed by atoms with Crippen molar-refractivity contribution >= 4 is 21.5 Å². The summed E-state index contributed by atoms with van der Waals surface area (Å²) >= 11 is 0. The van der Waals surface area contributed by atoms with Crippen LogP contribution in [0.5, 0.6) is 0 Å². The Hall–Kier alpha value is -2.56. The third-order valence-corrected chi connectivity index (χ3v) is 7.87. The second kappa shape index (κ2) is 7.93. The number of hydrogen-bond acceptors (Lipinski definition) is 6. The van der Waals surface area contributed by atoms with E-state index in [9.17, 15) is 8.42 Å². The van der Waals surface area contributed by atoms with E-state index in [1.54, 1.807) is 19.5 Å². The standard InChI is InChI=1S/C20H25N7O2S/c28-30(29,25-10-4-5-11-25)26-12-6-9-24(13-14-26)19-15-18(17-7-2-1-3-8-17)23-27-16-21-22-20(19)27/h1-3,7-8,15-16H,4-6,9-14H2. The molecule has 0 saturated carbocycles. The van der Waals surface area contributed by atoms with E-state index in [0.29, 0.717) is 38.4 Å². The van der Waals surface area contributed by atoms with Crippen molar-refractivity contribution in [3.8, 4) is 11.3 Å². The predicted molar refractivity (Wildman–Crippen MR) is 114 cm³/mol. The molecule has 2 fully saturated rings. The quantitative estimate of drug-likeness (QED) is 0.629. The number of rotatable bonds is 4. The molecule has 2 saturated heterocycles. The molecule has 2 aliphatic rings. The maximum Gasteiger partial charge on any atom is 0.282 e. The number of anilines is 1. The van der Waals surface area contributed by atoms with Crippen molar-refractivity contribution < 1.29 is 8.42 Å². The molecule has 0 N–H and O–H groups in total. The van der Waals surface area contributed by atoms with Gasteiger partial charge in [0.05, 0.1) is 11.4 Å². The zero-order valence-electron chi connectivity index (χ0n) is 16.8. The maximum absolute atomic E-state index is 13.0. The highest BCUT2D eigenvalue weighted by molar-refractivity contribution is 7.86. The van der Waals surface area contributed by atoms with Crippen LogP contribution in [0.2, 0.25) is 0 Å². The first-order chi connectivity index (χ1) is 14.6. The highest BCUT2D eigenvalue weighted by atomic mass is 32.2. The fourth-order valence-electron chi connectivity index (χ4n) is 4.24. The van der Waals surface area contributed by atoms with Crippen LogP contribution in [-0.4, -0.2) is 76.1 Å². The minimum absolute atomic E-state index is 0.460. The minimum Gasteiger partial charge on any atom is -0.367 e. The highest BCUT2D eigenvalue weighted by Crippen LogP contribution is 2.27. The Morgan fingerprint density at radius 3 is 2.37 bits per heavy atom. The monoisotopic (exact) mass is 427 g/mol. The lowest BCUT2D eigenvalue weighted by Gasteiger charge is -2.26. The lowest BCUT2D eigenvalue weighted by atomic mass is 10.1. The van der Waals surface area contributed by atoms with Gasteiger partial charge in [-0.2, -0.15) is 26.6 Å². The van der Waals surface area contributed by atoms with Crippen LogP contribution in [0.1, 0.15) is 19.3 Å². The van der Waals surface area contributed by atoms with Crippen molar-refractivity contribution in [2.45, 2.75) is 19.3 Å².